The number of hydrogen-bond donors (Lipinski definition) is 0. The molecule has 178 valence electrons. The highest BCUT2D eigenvalue weighted by molar-refractivity contribution is 6.41. The smallest absolute Gasteiger partial charge is 0.230 e. The van der Waals surface area contributed by atoms with Crippen molar-refractivity contribution in [3.05, 3.63) is 58.7 Å². The van der Waals surface area contributed by atoms with Crippen molar-refractivity contribution in [1.29, 1.82) is 0 Å². The van der Waals surface area contributed by atoms with E-state index >= 15 is 0 Å². The lowest BCUT2D eigenvalue weighted by Crippen LogP contribution is -2.22. The molecule has 0 aromatic heterocycles. The molecule has 2 aromatic rings. The van der Waals surface area contributed by atoms with Gasteiger partial charge in [-0.05, 0) is 61.8 Å². The second-order valence-corrected chi connectivity index (χ2v) is 10.5. The Hall–Kier alpha value is -2.75. The monoisotopic (exact) mass is 447 g/mol. The molecule has 0 bridgehead atoms. The van der Waals surface area contributed by atoms with Gasteiger partial charge in [-0.3, -0.25) is 4.99 Å². The van der Waals surface area contributed by atoms with Gasteiger partial charge in [0.15, 0.2) is 0 Å². The first-order valence-corrected chi connectivity index (χ1v) is 11.9. The molecule has 0 atom stereocenters. The van der Waals surface area contributed by atoms with Crippen molar-refractivity contribution in [3.8, 4) is 0 Å². The van der Waals surface area contributed by atoms with Crippen molar-refractivity contribution in [2.45, 2.75) is 88.0 Å². The Kier molecular flexibility index (Phi) is 8.76. The summed E-state index contributed by atoms with van der Waals surface area (Å²) >= 11 is 0. The summed E-state index contributed by atoms with van der Waals surface area (Å²) in [6, 6.07) is 12.6. The molecular formula is C29H41N3O. The van der Waals surface area contributed by atoms with Gasteiger partial charge >= 0.3 is 0 Å². The van der Waals surface area contributed by atoms with Crippen LogP contribution in [0.5, 0.6) is 0 Å². The number of nitrogens with zero attached hydrogens (tertiary/aromatic N) is 3. The largest absolute Gasteiger partial charge is 0.340 e. The number of aliphatic imine (C=N–C) groups is 2. The molecule has 2 rings (SSSR count). The number of benzene rings is 2. The molecule has 0 fully saturated rings. The van der Waals surface area contributed by atoms with Gasteiger partial charge in [-0.2, -0.15) is 0 Å². The predicted octanol–water partition coefficient (Wildman–Crippen LogP) is 8.81. The standard InChI is InChI=1S/C29H41N3O/c1-18(2)24-16-13-17-25(19(3)4)27(24)30-22(7)23(8)32-33-28(29(9,10)11)31-26-20(5)14-12-15-21(26)6/h12-19H,1-11H3/b30-22?,31-28?,32-23+. The molecule has 0 aliphatic heterocycles. The van der Waals surface area contributed by atoms with Crippen molar-refractivity contribution in [2.75, 3.05) is 0 Å². The summed E-state index contributed by atoms with van der Waals surface area (Å²) in [6.07, 6.45) is 0. The van der Waals surface area contributed by atoms with E-state index in [0.717, 1.165) is 33.9 Å². The highest BCUT2D eigenvalue weighted by Crippen LogP contribution is 2.35. The van der Waals surface area contributed by atoms with Gasteiger partial charge in [0, 0.05) is 5.41 Å². The third-order valence-corrected chi connectivity index (χ3v) is 5.71. The fraction of sp³-hybridized carbons (Fsp3) is 0.483. The van der Waals surface area contributed by atoms with E-state index in [1.807, 2.05) is 19.9 Å². The third kappa shape index (κ3) is 6.86. The Labute approximate surface area is 200 Å². The third-order valence-electron chi connectivity index (χ3n) is 5.71. The number of aryl methyl sites for hydroxylation is 2. The van der Waals surface area contributed by atoms with Crippen LogP contribution >= 0.6 is 0 Å². The Morgan fingerprint density at radius 1 is 0.727 bits per heavy atom. The van der Waals surface area contributed by atoms with E-state index in [2.05, 4.69) is 97.8 Å². The maximum atomic E-state index is 5.95. The van der Waals surface area contributed by atoms with Gasteiger partial charge in [-0.15, -0.1) is 0 Å². The molecule has 4 heteroatoms. The van der Waals surface area contributed by atoms with Gasteiger partial charge in [0.25, 0.3) is 0 Å². The van der Waals surface area contributed by atoms with Crippen LogP contribution in [0.25, 0.3) is 0 Å². The lowest BCUT2D eigenvalue weighted by Gasteiger charge is -2.20. The van der Waals surface area contributed by atoms with E-state index in [4.69, 9.17) is 14.8 Å². The zero-order valence-electron chi connectivity index (χ0n) is 22.4. The van der Waals surface area contributed by atoms with Crippen LogP contribution in [0.1, 0.15) is 96.4 Å². The fourth-order valence-electron chi connectivity index (χ4n) is 3.48. The number of oxime groups is 1. The van der Waals surface area contributed by atoms with Crippen LogP contribution in [0.4, 0.5) is 11.4 Å². The Morgan fingerprint density at radius 2 is 1.21 bits per heavy atom. The molecule has 0 heterocycles. The Morgan fingerprint density at radius 3 is 1.67 bits per heavy atom. The number of rotatable bonds is 6. The van der Waals surface area contributed by atoms with Gasteiger partial charge < -0.3 is 4.84 Å². The maximum Gasteiger partial charge on any atom is 0.230 e. The second kappa shape index (κ2) is 10.9. The Balaban J connectivity index is 2.46. The molecule has 33 heavy (non-hydrogen) atoms. The zero-order chi connectivity index (χ0) is 24.9. The van der Waals surface area contributed by atoms with E-state index in [1.54, 1.807) is 0 Å². The minimum atomic E-state index is -0.293. The Bertz CT molecular complexity index is 1020. The molecule has 0 saturated carbocycles. The fourth-order valence-corrected chi connectivity index (χ4v) is 3.48. The van der Waals surface area contributed by atoms with Gasteiger partial charge in [0.2, 0.25) is 5.90 Å². The number of para-hydroxylation sites is 2. The van der Waals surface area contributed by atoms with Crippen molar-refractivity contribution < 1.29 is 4.84 Å². The highest BCUT2D eigenvalue weighted by Gasteiger charge is 2.23. The first-order valence-electron chi connectivity index (χ1n) is 11.9. The van der Waals surface area contributed by atoms with Crippen molar-refractivity contribution in [3.63, 3.8) is 0 Å². The van der Waals surface area contributed by atoms with Crippen molar-refractivity contribution >= 4 is 28.7 Å². The quantitative estimate of drug-likeness (QED) is 0.248. The van der Waals surface area contributed by atoms with E-state index in [0.29, 0.717) is 17.7 Å². The molecule has 4 nitrogen and oxygen atoms in total. The summed E-state index contributed by atoms with van der Waals surface area (Å²) < 4.78 is 0. The molecular weight excluding hydrogens is 406 g/mol. The van der Waals surface area contributed by atoms with E-state index in [1.165, 1.54) is 11.1 Å². The highest BCUT2D eigenvalue weighted by atomic mass is 16.6. The van der Waals surface area contributed by atoms with E-state index in [9.17, 15) is 0 Å². The van der Waals surface area contributed by atoms with Gasteiger partial charge in [0.05, 0.1) is 22.8 Å². The summed E-state index contributed by atoms with van der Waals surface area (Å²) in [5.74, 6) is 1.36. The molecule has 0 aliphatic rings. The molecule has 0 N–H and O–H groups in total. The first-order chi connectivity index (χ1) is 15.3. The molecule has 0 aliphatic carbocycles. The summed E-state index contributed by atoms with van der Waals surface area (Å²) in [4.78, 5) is 15.8. The van der Waals surface area contributed by atoms with E-state index in [-0.39, 0.29) is 5.41 Å². The topological polar surface area (TPSA) is 46.3 Å². The average Bonchev–Trinajstić information content (AvgIpc) is 2.71. The summed E-state index contributed by atoms with van der Waals surface area (Å²) in [5, 5.41) is 4.45. The lowest BCUT2D eigenvalue weighted by molar-refractivity contribution is 0.280. The molecule has 2 aromatic carbocycles. The van der Waals surface area contributed by atoms with E-state index < -0.39 is 0 Å². The molecule has 0 saturated heterocycles. The molecule has 0 amide bonds. The van der Waals surface area contributed by atoms with Crippen LogP contribution in [-0.4, -0.2) is 17.3 Å². The predicted molar refractivity (Wildman–Crippen MR) is 144 cm³/mol. The molecule has 0 radical (unpaired) electrons. The van der Waals surface area contributed by atoms with Crippen LogP contribution in [0, 0.1) is 19.3 Å². The van der Waals surface area contributed by atoms with Gasteiger partial charge in [-0.25, -0.2) is 4.99 Å². The summed E-state index contributed by atoms with van der Waals surface area (Å²) in [5.41, 5.74) is 8.01. The van der Waals surface area contributed by atoms with Crippen LogP contribution in [0.2, 0.25) is 0 Å². The minimum Gasteiger partial charge on any atom is -0.340 e. The maximum absolute atomic E-state index is 5.95. The van der Waals surface area contributed by atoms with Crippen molar-refractivity contribution in [2.24, 2.45) is 20.6 Å². The minimum absolute atomic E-state index is 0.293. The normalized spacial score (nSPS) is 13.8. The number of hydrogen-bond acceptors (Lipinski definition) is 4. The SMILES string of the molecule is CC(=Nc1c(C(C)C)cccc1C(C)C)/C(C)=N/OC(=Nc1c(C)cccc1C)C(C)(C)C. The van der Waals surface area contributed by atoms with Crippen LogP contribution < -0.4 is 0 Å². The first kappa shape index (κ1) is 26.5. The average molecular weight is 448 g/mol. The van der Waals surface area contributed by atoms with Crippen LogP contribution in [-0.2, 0) is 4.84 Å². The lowest BCUT2D eigenvalue weighted by atomic mass is 9.93. The van der Waals surface area contributed by atoms with Crippen LogP contribution in [0.15, 0.2) is 51.5 Å². The molecule has 0 unspecified atom stereocenters. The van der Waals surface area contributed by atoms with Crippen molar-refractivity contribution in [1.82, 2.24) is 0 Å². The summed E-state index contributed by atoms with van der Waals surface area (Å²) in [7, 11) is 0. The van der Waals surface area contributed by atoms with Gasteiger partial charge in [0.1, 0.15) is 0 Å². The second-order valence-electron chi connectivity index (χ2n) is 10.5. The van der Waals surface area contributed by atoms with Crippen LogP contribution in [0.3, 0.4) is 0 Å². The summed E-state index contributed by atoms with van der Waals surface area (Å²) in [6.45, 7) is 23.1. The zero-order valence-corrected chi connectivity index (χ0v) is 22.4. The molecule has 0 spiro atoms. The van der Waals surface area contributed by atoms with Gasteiger partial charge in [-0.1, -0.05) is 90.0 Å².